The van der Waals surface area contributed by atoms with Gasteiger partial charge in [0.1, 0.15) is 22.3 Å². The topological polar surface area (TPSA) is 107 Å². The molecule has 0 saturated carbocycles. The standard InChI is InChI=1S/C22H29N3O5S2/c1-22(2,3)30-21(28)23-13-16-25-17(18(32-16)14-9-7-6-8-10-14)19(26)24-15(11-12-31-5)20(27)29-4/h6-10,15H,11-13H2,1-5H3,(H,23,28)(H,24,26). The van der Waals surface area contributed by atoms with Crippen molar-refractivity contribution in [2.75, 3.05) is 19.1 Å². The van der Waals surface area contributed by atoms with Gasteiger partial charge in [0.15, 0.2) is 0 Å². The van der Waals surface area contributed by atoms with Crippen LogP contribution in [0.3, 0.4) is 0 Å². The van der Waals surface area contributed by atoms with Crippen LogP contribution in [-0.2, 0) is 20.8 Å². The zero-order valence-corrected chi connectivity index (χ0v) is 20.5. The minimum absolute atomic E-state index is 0.111. The first-order valence-electron chi connectivity index (χ1n) is 10.0. The van der Waals surface area contributed by atoms with E-state index >= 15 is 0 Å². The maximum Gasteiger partial charge on any atom is 0.408 e. The lowest BCUT2D eigenvalue weighted by Crippen LogP contribution is -2.42. The van der Waals surface area contributed by atoms with Crippen LogP contribution in [0.25, 0.3) is 10.4 Å². The summed E-state index contributed by atoms with van der Waals surface area (Å²) in [5.74, 6) is -0.288. The summed E-state index contributed by atoms with van der Waals surface area (Å²) in [5.41, 5.74) is 0.394. The molecule has 0 aliphatic rings. The molecule has 0 spiro atoms. The number of aromatic nitrogens is 1. The second-order valence-corrected chi connectivity index (χ2v) is 9.91. The molecular weight excluding hydrogens is 450 g/mol. The van der Waals surface area contributed by atoms with Crippen molar-refractivity contribution in [2.24, 2.45) is 0 Å². The summed E-state index contributed by atoms with van der Waals surface area (Å²) < 4.78 is 10.1. The fourth-order valence-electron chi connectivity index (χ4n) is 2.69. The average Bonchev–Trinajstić information content (AvgIpc) is 3.18. The monoisotopic (exact) mass is 479 g/mol. The number of amides is 2. The summed E-state index contributed by atoms with van der Waals surface area (Å²) in [6.07, 6.45) is 1.80. The fraction of sp³-hybridized carbons (Fsp3) is 0.455. The first-order valence-corrected chi connectivity index (χ1v) is 12.2. The van der Waals surface area contributed by atoms with E-state index in [2.05, 4.69) is 15.6 Å². The SMILES string of the molecule is COC(=O)C(CCSC)NC(=O)c1nc(CNC(=O)OC(C)(C)C)sc1-c1ccccc1. The van der Waals surface area contributed by atoms with Gasteiger partial charge < -0.3 is 20.1 Å². The van der Waals surface area contributed by atoms with Crippen LogP contribution in [0.2, 0.25) is 0 Å². The normalized spacial score (nSPS) is 12.0. The van der Waals surface area contributed by atoms with Crippen molar-refractivity contribution in [3.8, 4) is 10.4 Å². The lowest BCUT2D eigenvalue weighted by molar-refractivity contribution is -0.142. The number of hydrogen-bond acceptors (Lipinski definition) is 8. The van der Waals surface area contributed by atoms with Crippen molar-refractivity contribution < 1.29 is 23.9 Å². The number of rotatable bonds is 9. The van der Waals surface area contributed by atoms with Gasteiger partial charge in [-0.05, 0) is 44.8 Å². The number of carbonyl (C=O) groups is 3. The average molecular weight is 480 g/mol. The lowest BCUT2D eigenvalue weighted by Gasteiger charge is -2.19. The van der Waals surface area contributed by atoms with E-state index in [0.717, 1.165) is 5.56 Å². The molecule has 0 bridgehead atoms. The van der Waals surface area contributed by atoms with Crippen molar-refractivity contribution in [2.45, 2.75) is 45.4 Å². The first kappa shape index (κ1) is 25.7. The van der Waals surface area contributed by atoms with Gasteiger partial charge in [0.2, 0.25) is 0 Å². The third-order valence-electron chi connectivity index (χ3n) is 4.11. The molecule has 0 aliphatic carbocycles. The number of esters is 1. The van der Waals surface area contributed by atoms with Gasteiger partial charge in [0.25, 0.3) is 5.91 Å². The van der Waals surface area contributed by atoms with E-state index in [1.807, 2.05) is 36.6 Å². The van der Waals surface area contributed by atoms with Crippen LogP contribution in [0.5, 0.6) is 0 Å². The van der Waals surface area contributed by atoms with Crippen molar-refractivity contribution in [1.82, 2.24) is 15.6 Å². The van der Waals surface area contributed by atoms with Gasteiger partial charge >= 0.3 is 12.1 Å². The third kappa shape index (κ3) is 7.83. The highest BCUT2D eigenvalue weighted by Gasteiger charge is 2.26. The molecule has 0 radical (unpaired) electrons. The summed E-state index contributed by atoms with van der Waals surface area (Å²) in [6.45, 7) is 5.45. The molecule has 1 aromatic heterocycles. The predicted molar refractivity (Wildman–Crippen MR) is 127 cm³/mol. The van der Waals surface area contributed by atoms with Crippen LogP contribution in [0.4, 0.5) is 4.79 Å². The van der Waals surface area contributed by atoms with Gasteiger partial charge in [0, 0.05) is 0 Å². The van der Waals surface area contributed by atoms with Crippen molar-refractivity contribution in [3.05, 3.63) is 41.0 Å². The fourth-order valence-corrected chi connectivity index (χ4v) is 4.17. The number of carbonyl (C=O) groups excluding carboxylic acids is 3. The molecule has 2 aromatic rings. The van der Waals surface area contributed by atoms with Crippen LogP contribution in [0.15, 0.2) is 30.3 Å². The Morgan fingerprint density at radius 2 is 1.88 bits per heavy atom. The van der Waals surface area contributed by atoms with Crippen molar-refractivity contribution in [3.63, 3.8) is 0 Å². The molecule has 1 unspecified atom stereocenters. The molecule has 1 heterocycles. The van der Waals surface area contributed by atoms with E-state index in [-0.39, 0.29) is 12.2 Å². The molecule has 2 amide bonds. The Morgan fingerprint density at radius 1 is 1.19 bits per heavy atom. The van der Waals surface area contributed by atoms with E-state index in [4.69, 9.17) is 9.47 Å². The highest BCUT2D eigenvalue weighted by Crippen LogP contribution is 2.30. The zero-order chi connectivity index (χ0) is 23.7. The number of thiazole rings is 1. The summed E-state index contributed by atoms with van der Waals surface area (Å²) in [5, 5.41) is 5.94. The third-order valence-corrected chi connectivity index (χ3v) is 5.86. The van der Waals surface area contributed by atoms with Gasteiger partial charge in [0.05, 0.1) is 18.5 Å². The van der Waals surface area contributed by atoms with E-state index < -0.39 is 29.6 Å². The van der Waals surface area contributed by atoms with Gasteiger partial charge in [-0.15, -0.1) is 11.3 Å². The van der Waals surface area contributed by atoms with Crippen LogP contribution in [0.1, 0.15) is 42.7 Å². The maximum absolute atomic E-state index is 13.1. The molecule has 174 valence electrons. The molecule has 8 nitrogen and oxygen atoms in total. The van der Waals surface area contributed by atoms with Gasteiger partial charge in [-0.25, -0.2) is 14.6 Å². The molecule has 2 N–H and O–H groups in total. The lowest BCUT2D eigenvalue weighted by atomic mass is 10.1. The second kappa shape index (κ2) is 11.9. The minimum atomic E-state index is -0.770. The number of thioether (sulfide) groups is 1. The smallest absolute Gasteiger partial charge is 0.408 e. The molecule has 32 heavy (non-hydrogen) atoms. The molecule has 10 heteroatoms. The molecule has 0 fully saturated rings. The van der Waals surface area contributed by atoms with E-state index in [1.54, 1.807) is 32.5 Å². The Bertz CT molecular complexity index is 925. The highest BCUT2D eigenvalue weighted by molar-refractivity contribution is 7.98. The molecule has 0 saturated heterocycles. The molecule has 2 rings (SSSR count). The Morgan fingerprint density at radius 3 is 2.47 bits per heavy atom. The Labute approximate surface area is 196 Å². The van der Waals surface area contributed by atoms with Crippen molar-refractivity contribution >= 4 is 41.1 Å². The quantitative estimate of drug-likeness (QED) is 0.526. The minimum Gasteiger partial charge on any atom is -0.467 e. The Hall–Kier alpha value is -2.59. The number of ether oxygens (including phenoxy) is 2. The van der Waals surface area contributed by atoms with E-state index in [1.165, 1.54) is 18.4 Å². The molecule has 1 atom stereocenters. The van der Waals surface area contributed by atoms with Crippen molar-refractivity contribution in [1.29, 1.82) is 0 Å². The largest absolute Gasteiger partial charge is 0.467 e. The van der Waals surface area contributed by atoms with Crippen LogP contribution < -0.4 is 10.6 Å². The van der Waals surface area contributed by atoms with Gasteiger partial charge in [-0.2, -0.15) is 11.8 Å². The van der Waals surface area contributed by atoms with E-state index in [9.17, 15) is 14.4 Å². The number of methoxy groups -OCH3 is 1. The number of hydrogen-bond donors (Lipinski definition) is 2. The molecule has 1 aromatic carbocycles. The van der Waals surface area contributed by atoms with Crippen LogP contribution >= 0.6 is 23.1 Å². The molecule has 0 aliphatic heterocycles. The number of nitrogens with one attached hydrogen (secondary N) is 2. The Kier molecular flexibility index (Phi) is 9.52. The summed E-state index contributed by atoms with van der Waals surface area (Å²) in [4.78, 5) is 42.3. The van der Waals surface area contributed by atoms with E-state index in [0.29, 0.717) is 22.1 Å². The number of benzene rings is 1. The first-order chi connectivity index (χ1) is 15.1. The van der Waals surface area contributed by atoms with Crippen LogP contribution in [-0.4, -0.2) is 53.7 Å². The summed E-state index contributed by atoms with van der Waals surface area (Å²) in [6, 6.07) is 8.59. The summed E-state index contributed by atoms with van der Waals surface area (Å²) >= 11 is 2.87. The van der Waals surface area contributed by atoms with Gasteiger partial charge in [-0.3, -0.25) is 4.79 Å². The van der Waals surface area contributed by atoms with Crippen LogP contribution in [0, 0.1) is 0 Å². The zero-order valence-electron chi connectivity index (χ0n) is 18.9. The number of alkyl carbamates (subject to hydrolysis) is 1. The maximum atomic E-state index is 13.1. The second-order valence-electron chi connectivity index (χ2n) is 7.84. The Balaban J connectivity index is 2.26. The predicted octanol–water partition coefficient (Wildman–Crippen LogP) is 3.86. The summed E-state index contributed by atoms with van der Waals surface area (Å²) in [7, 11) is 1.29. The highest BCUT2D eigenvalue weighted by atomic mass is 32.2. The number of nitrogens with zero attached hydrogens (tertiary/aromatic N) is 1. The van der Waals surface area contributed by atoms with Gasteiger partial charge in [-0.1, -0.05) is 30.3 Å². The molecular formula is C22H29N3O5S2.